The van der Waals surface area contributed by atoms with Crippen LogP contribution in [0.1, 0.15) is 24.3 Å². The van der Waals surface area contributed by atoms with Gasteiger partial charge < -0.3 is 10.4 Å². The van der Waals surface area contributed by atoms with E-state index in [2.05, 4.69) is 10.4 Å². The smallest absolute Gasteiger partial charge is 0.310 e. The van der Waals surface area contributed by atoms with Crippen LogP contribution < -0.4 is 5.32 Å². The van der Waals surface area contributed by atoms with Gasteiger partial charge in [0.15, 0.2) is 5.69 Å². The number of benzene rings is 1. The van der Waals surface area contributed by atoms with Gasteiger partial charge in [0.1, 0.15) is 5.82 Å². The van der Waals surface area contributed by atoms with E-state index in [1.807, 2.05) is 0 Å². The first-order valence-electron chi connectivity index (χ1n) is 6.63. The molecule has 22 heavy (non-hydrogen) atoms. The van der Waals surface area contributed by atoms with Gasteiger partial charge in [0.2, 0.25) is 0 Å². The van der Waals surface area contributed by atoms with E-state index in [4.69, 9.17) is 5.11 Å². The summed E-state index contributed by atoms with van der Waals surface area (Å²) in [5, 5.41) is 15.6. The Morgan fingerprint density at radius 3 is 2.50 bits per heavy atom. The van der Waals surface area contributed by atoms with Crippen molar-refractivity contribution in [3.63, 3.8) is 0 Å². The average Bonchev–Trinajstić information content (AvgIpc) is 2.95. The Hall–Kier alpha value is -2.70. The first-order chi connectivity index (χ1) is 10.3. The van der Waals surface area contributed by atoms with Crippen molar-refractivity contribution >= 4 is 11.9 Å². The van der Waals surface area contributed by atoms with Gasteiger partial charge >= 0.3 is 5.97 Å². The SMILES string of the molecule is CC(C)(CNC(=O)c1ccn(-c2ccc(F)cc2)n1)C(=O)O. The molecule has 1 heterocycles. The second kappa shape index (κ2) is 5.97. The summed E-state index contributed by atoms with van der Waals surface area (Å²) in [5.41, 5.74) is -0.285. The number of aromatic nitrogens is 2. The van der Waals surface area contributed by atoms with Crippen LogP contribution in [-0.4, -0.2) is 33.3 Å². The van der Waals surface area contributed by atoms with Crippen molar-refractivity contribution in [2.24, 2.45) is 5.41 Å². The third-order valence-corrected chi connectivity index (χ3v) is 3.18. The largest absolute Gasteiger partial charge is 0.481 e. The van der Waals surface area contributed by atoms with E-state index in [1.54, 1.807) is 6.20 Å². The number of carboxylic acid groups (broad SMARTS) is 1. The standard InChI is InChI=1S/C15H16FN3O3/c1-15(2,14(21)22)9-17-13(20)12-7-8-19(18-12)11-5-3-10(16)4-6-11/h3-8H,9H2,1-2H3,(H,17,20)(H,21,22). The highest BCUT2D eigenvalue weighted by Crippen LogP contribution is 2.14. The normalized spacial score (nSPS) is 11.2. The van der Waals surface area contributed by atoms with Crippen LogP contribution in [0.2, 0.25) is 0 Å². The molecule has 2 rings (SSSR count). The molecule has 0 unspecified atom stereocenters. The van der Waals surface area contributed by atoms with Crippen LogP contribution in [0.25, 0.3) is 5.69 Å². The fourth-order valence-electron chi connectivity index (χ4n) is 1.65. The molecule has 2 N–H and O–H groups in total. The Balaban J connectivity index is 2.06. The monoisotopic (exact) mass is 305 g/mol. The molecular weight excluding hydrogens is 289 g/mol. The number of hydrogen-bond donors (Lipinski definition) is 2. The molecule has 0 atom stereocenters. The molecule has 0 fully saturated rings. The molecule has 116 valence electrons. The third-order valence-electron chi connectivity index (χ3n) is 3.18. The van der Waals surface area contributed by atoms with Gasteiger partial charge in [-0.3, -0.25) is 9.59 Å². The van der Waals surface area contributed by atoms with Crippen LogP contribution >= 0.6 is 0 Å². The van der Waals surface area contributed by atoms with Crippen LogP contribution in [0.3, 0.4) is 0 Å². The van der Waals surface area contributed by atoms with Gasteiger partial charge in [-0.1, -0.05) is 0 Å². The van der Waals surface area contributed by atoms with Crippen molar-refractivity contribution < 1.29 is 19.1 Å². The van der Waals surface area contributed by atoms with Gasteiger partial charge in [0.25, 0.3) is 5.91 Å². The second-order valence-electron chi connectivity index (χ2n) is 5.49. The molecule has 0 aliphatic rings. The number of hydrogen-bond acceptors (Lipinski definition) is 3. The zero-order valence-corrected chi connectivity index (χ0v) is 12.2. The summed E-state index contributed by atoms with van der Waals surface area (Å²) < 4.78 is 14.3. The van der Waals surface area contributed by atoms with E-state index in [9.17, 15) is 14.0 Å². The van der Waals surface area contributed by atoms with Gasteiger partial charge in [-0.25, -0.2) is 9.07 Å². The molecule has 1 aromatic heterocycles. The number of rotatable bonds is 5. The number of carbonyl (C=O) groups is 2. The van der Waals surface area contributed by atoms with Crippen LogP contribution in [0, 0.1) is 11.2 Å². The van der Waals surface area contributed by atoms with Crippen LogP contribution in [0.5, 0.6) is 0 Å². The number of halogens is 1. The Labute approximate surface area is 126 Å². The molecule has 0 saturated carbocycles. The van der Waals surface area contributed by atoms with Crippen LogP contribution in [-0.2, 0) is 4.79 Å². The maximum atomic E-state index is 12.9. The lowest BCUT2D eigenvalue weighted by Gasteiger charge is -2.18. The molecule has 6 nitrogen and oxygen atoms in total. The van der Waals surface area contributed by atoms with Crippen LogP contribution in [0.4, 0.5) is 4.39 Å². The molecule has 0 spiro atoms. The molecule has 0 radical (unpaired) electrons. The number of carbonyl (C=O) groups excluding carboxylic acids is 1. The highest BCUT2D eigenvalue weighted by atomic mass is 19.1. The minimum Gasteiger partial charge on any atom is -0.481 e. The van der Waals surface area contributed by atoms with E-state index in [0.29, 0.717) is 5.69 Å². The third kappa shape index (κ3) is 3.49. The van der Waals surface area contributed by atoms with E-state index in [0.717, 1.165) is 0 Å². The fraction of sp³-hybridized carbons (Fsp3) is 0.267. The molecule has 0 aliphatic carbocycles. The molecule has 1 amide bonds. The zero-order valence-electron chi connectivity index (χ0n) is 12.2. The molecule has 7 heteroatoms. The Morgan fingerprint density at radius 2 is 1.91 bits per heavy atom. The summed E-state index contributed by atoms with van der Waals surface area (Å²) in [7, 11) is 0. The molecule has 1 aromatic carbocycles. The second-order valence-corrected chi connectivity index (χ2v) is 5.49. The predicted molar refractivity (Wildman–Crippen MR) is 77.3 cm³/mol. The zero-order chi connectivity index (χ0) is 16.3. The number of nitrogens with zero attached hydrogens (tertiary/aromatic N) is 2. The molecule has 2 aromatic rings. The molecular formula is C15H16FN3O3. The van der Waals surface area contributed by atoms with Gasteiger partial charge in [0, 0.05) is 12.7 Å². The summed E-state index contributed by atoms with van der Waals surface area (Å²) in [6.45, 7) is 3.03. The quantitative estimate of drug-likeness (QED) is 0.883. The highest BCUT2D eigenvalue weighted by molar-refractivity contribution is 5.92. The number of amides is 1. The average molecular weight is 305 g/mol. The highest BCUT2D eigenvalue weighted by Gasteiger charge is 2.28. The summed E-state index contributed by atoms with van der Waals surface area (Å²) in [6.07, 6.45) is 1.57. The number of nitrogens with one attached hydrogen (secondary N) is 1. The van der Waals surface area contributed by atoms with E-state index >= 15 is 0 Å². The summed E-state index contributed by atoms with van der Waals surface area (Å²) in [5.74, 6) is -1.82. The van der Waals surface area contributed by atoms with E-state index < -0.39 is 17.3 Å². The molecule has 0 bridgehead atoms. The van der Waals surface area contributed by atoms with E-state index in [-0.39, 0.29) is 18.1 Å². The maximum Gasteiger partial charge on any atom is 0.310 e. The predicted octanol–water partition coefficient (Wildman–Crippen LogP) is 1.85. The first kappa shape index (κ1) is 15.7. The Kier molecular flexibility index (Phi) is 4.25. The van der Waals surface area contributed by atoms with Gasteiger partial charge in [-0.15, -0.1) is 0 Å². The lowest BCUT2D eigenvalue weighted by Crippen LogP contribution is -2.39. The lowest BCUT2D eigenvalue weighted by atomic mass is 9.94. The van der Waals surface area contributed by atoms with Crippen molar-refractivity contribution in [3.8, 4) is 5.69 Å². The van der Waals surface area contributed by atoms with Crippen molar-refractivity contribution in [2.45, 2.75) is 13.8 Å². The molecule has 0 aliphatic heterocycles. The summed E-state index contributed by atoms with van der Waals surface area (Å²) in [4.78, 5) is 23.0. The fourth-order valence-corrected chi connectivity index (χ4v) is 1.65. The van der Waals surface area contributed by atoms with E-state index in [1.165, 1.54) is 48.9 Å². The van der Waals surface area contributed by atoms with Gasteiger partial charge in [-0.2, -0.15) is 5.10 Å². The Bertz CT molecular complexity index is 692. The number of aliphatic carboxylic acids is 1. The van der Waals surface area contributed by atoms with Gasteiger partial charge in [-0.05, 0) is 44.2 Å². The number of carboxylic acids is 1. The Morgan fingerprint density at radius 1 is 1.27 bits per heavy atom. The first-order valence-corrected chi connectivity index (χ1v) is 6.63. The minimum atomic E-state index is -1.06. The lowest BCUT2D eigenvalue weighted by molar-refractivity contribution is -0.146. The molecule has 0 saturated heterocycles. The topological polar surface area (TPSA) is 84.2 Å². The van der Waals surface area contributed by atoms with Crippen molar-refractivity contribution in [2.75, 3.05) is 6.54 Å². The van der Waals surface area contributed by atoms with Crippen molar-refractivity contribution in [1.29, 1.82) is 0 Å². The summed E-state index contributed by atoms with van der Waals surface area (Å²) in [6, 6.07) is 7.18. The van der Waals surface area contributed by atoms with Gasteiger partial charge in [0.05, 0.1) is 11.1 Å². The van der Waals surface area contributed by atoms with Crippen molar-refractivity contribution in [1.82, 2.24) is 15.1 Å². The minimum absolute atomic E-state index is 0.00935. The van der Waals surface area contributed by atoms with Crippen LogP contribution in [0.15, 0.2) is 36.5 Å². The van der Waals surface area contributed by atoms with Crippen molar-refractivity contribution in [3.05, 3.63) is 48.0 Å². The maximum absolute atomic E-state index is 12.9. The summed E-state index contributed by atoms with van der Waals surface area (Å²) >= 11 is 0.